The van der Waals surface area contributed by atoms with Crippen LogP contribution in [0.25, 0.3) is 0 Å². The number of aromatic amines is 1. The van der Waals surface area contributed by atoms with E-state index < -0.39 is 16.1 Å². The average molecular weight is 421 g/mol. The van der Waals surface area contributed by atoms with Gasteiger partial charge in [0, 0.05) is 26.7 Å². The van der Waals surface area contributed by atoms with Crippen molar-refractivity contribution in [1.82, 2.24) is 29.2 Å². The Morgan fingerprint density at radius 3 is 2.52 bits per heavy atom. The highest BCUT2D eigenvalue weighted by atomic mass is 32.2. The molecule has 0 saturated carbocycles. The summed E-state index contributed by atoms with van der Waals surface area (Å²) in [7, 11) is -2.01. The van der Waals surface area contributed by atoms with Crippen LogP contribution in [-0.2, 0) is 17.1 Å². The van der Waals surface area contributed by atoms with Crippen molar-refractivity contribution in [3.8, 4) is 0 Å². The van der Waals surface area contributed by atoms with Crippen LogP contribution in [0.2, 0.25) is 0 Å². The smallest absolute Gasteiger partial charge is 0.257 e. The molecule has 2 aliphatic rings. The number of H-pyrrole nitrogens is 1. The molecular formula is C19H28N6O3S. The van der Waals surface area contributed by atoms with Gasteiger partial charge in [0.05, 0.1) is 35.4 Å². The van der Waals surface area contributed by atoms with Crippen LogP contribution in [-0.4, -0.2) is 63.1 Å². The summed E-state index contributed by atoms with van der Waals surface area (Å²) < 4.78 is 30.0. The maximum Gasteiger partial charge on any atom is 0.257 e. The number of sulfonamides is 1. The monoisotopic (exact) mass is 420 g/mol. The highest BCUT2D eigenvalue weighted by molar-refractivity contribution is 7.89. The second-order valence-electron chi connectivity index (χ2n) is 7.90. The lowest BCUT2D eigenvalue weighted by Gasteiger charge is -2.35. The molecule has 158 valence electrons. The van der Waals surface area contributed by atoms with Gasteiger partial charge >= 0.3 is 0 Å². The Balaban J connectivity index is 1.68. The number of likely N-dealkylation sites (tertiary alicyclic amines) is 1. The van der Waals surface area contributed by atoms with E-state index in [1.165, 1.54) is 10.5 Å². The van der Waals surface area contributed by atoms with Crippen molar-refractivity contribution in [2.24, 2.45) is 7.05 Å². The number of carbonyl (C=O) groups excluding carboxylic acids is 1. The van der Waals surface area contributed by atoms with E-state index in [-0.39, 0.29) is 10.8 Å². The van der Waals surface area contributed by atoms with Gasteiger partial charge in [0.25, 0.3) is 5.91 Å². The van der Waals surface area contributed by atoms with E-state index in [9.17, 15) is 13.2 Å². The Kier molecular flexibility index (Phi) is 5.48. The SMILES string of the molecule is Cc1c(S(=O)(=O)N2CCCC[C@H]2c2[nH]ncc2C(=O)N2CCCCC2)cnn1C. The molecule has 0 spiro atoms. The minimum atomic E-state index is -3.74. The van der Waals surface area contributed by atoms with Gasteiger partial charge in [-0.05, 0) is 39.0 Å². The maximum atomic E-state index is 13.5. The molecule has 9 nitrogen and oxygen atoms in total. The lowest BCUT2D eigenvalue weighted by molar-refractivity contribution is 0.0720. The number of hydrogen-bond acceptors (Lipinski definition) is 5. The van der Waals surface area contributed by atoms with E-state index in [4.69, 9.17) is 0 Å². The first-order valence-electron chi connectivity index (χ1n) is 10.2. The van der Waals surface area contributed by atoms with E-state index in [2.05, 4.69) is 15.3 Å². The number of amides is 1. The molecule has 1 amide bonds. The molecular weight excluding hydrogens is 392 g/mol. The van der Waals surface area contributed by atoms with Crippen LogP contribution in [0.3, 0.4) is 0 Å². The first-order chi connectivity index (χ1) is 13.9. The fourth-order valence-electron chi connectivity index (χ4n) is 4.33. The summed E-state index contributed by atoms with van der Waals surface area (Å²) in [4.78, 5) is 15.2. The third kappa shape index (κ3) is 3.59. The van der Waals surface area contributed by atoms with Crippen LogP contribution < -0.4 is 0 Å². The molecule has 29 heavy (non-hydrogen) atoms. The number of aryl methyl sites for hydroxylation is 1. The van der Waals surface area contributed by atoms with E-state index in [1.807, 2.05) is 4.90 Å². The van der Waals surface area contributed by atoms with Gasteiger partial charge in [-0.2, -0.15) is 14.5 Å². The van der Waals surface area contributed by atoms with Crippen LogP contribution in [0, 0.1) is 6.92 Å². The lowest BCUT2D eigenvalue weighted by Crippen LogP contribution is -2.40. The molecule has 2 aliphatic heterocycles. The van der Waals surface area contributed by atoms with Gasteiger partial charge in [-0.25, -0.2) is 8.42 Å². The molecule has 0 aliphatic carbocycles. The summed E-state index contributed by atoms with van der Waals surface area (Å²) in [5.74, 6) is -0.0612. The van der Waals surface area contributed by atoms with Crippen molar-refractivity contribution in [2.75, 3.05) is 19.6 Å². The number of hydrogen-bond donors (Lipinski definition) is 1. The van der Waals surface area contributed by atoms with Gasteiger partial charge < -0.3 is 4.90 Å². The van der Waals surface area contributed by atoms with Crippen LogP contribution in [0.5, 0.6) is 0 Å². The van der Waals surface area contributed by atoms with Gasteiger partial charge in [0.2, 0.25) is 10.0 Å². The molecule has 0 radical (unpaired) electrons. The molecule has 2 aromatic rings. The minimum Gasteiger partial charge on any atom is -0.339 e. The number of rotatable bonds is 4. The fourth-order valence-corrected chi connectivity index (χ4v) is 6.18. The maximum absolute atomic E-state index is 13.5. The molecule has 0 unspecified atom stereocenters. The third-order valence-electron chi connectivity index (χ3n) is 6.11. The van der Waals surface area contributed by atoms with E-state index >= 15 is 0 Å². The number of nitrogens with one attached hydrogen (secondary N) is 1. The standard InChI is InChI=1S/C19H28N6O3S/c1-14-17(13-21-23(14)2)29(27,28)25-11-7-4-8-16(25)18-15(12-20-22-18)19(26)24-9-5-3-6-10-24/h12-13,16H,3-11H2,1-2H3,(H,20,22)/t16-/m0/s1. The van der Waals surface area contributed by atoms with E-state index in [1.54, 1.807) is 24.9 Å². The Hall–Kier alpha value is -2.20. The Morgan fingerprint density at radius 1 is 1.10 bits per heavy atom. The molecule has 2 fully saturated rings. The normalized spacial score (nSPS) is 21.4. The number of nitrogens with zero attached hydrogens (tertiary/aromatic N) is 5. The van der Waals surface area contributed by atoms with Crippen LogP contribution in [0.1, 0.15) is 66.3 Å². The summed E-state index contributed by atoms with van der Waals surface area (Å²) in [6, 6.07) is -0.431. The van der Waals surface area contributed by atoms with Crippen molar-refractivity contribution in [2.45, 2.75) is 56.4 Å². The molecule has 1 atom stereocenters. The number of aromatic nitrogens is 4. The Labute approximate surface area is 171 Å². The summed E-state index contributed by atoms with van der Waals surface area (Å²) >= 11 is 0. The Bertz CT molecular complexity index is 990. The van der Waals surface area contributed by atoms with Gasteiger partial charge in [-0.15, -0.1) is 0 Å². The molecule has 1 N–H and O–H groups in total. The highest BCUT2D eigenvalue weighted by Gasteiger charge is 2.39. The van der Waals surface area contributed by atoms with E-state index in [0.29, 0.717) is 29.9 Å². The van der Waals surface area contributed by atoms with E-state index in [0.717, 1.165) is 45.2 Å². The summed E-state index contributed by atoms with van der Waals surface area (Å²) in [6.45, 7) is 3.65. The summed E-state index contributed by atoms with van der Waals surface area (Å²) in [5.41, 5.74) is 1.69. The van der Waals surface area contributed by atoms with Crippen molar-refractivity contribution in [3.63, 3.8) is 0 Å². The predicted octanol–water partition coefficient (Wildman–Crippen LogP) is 1.99. The second-order valence-corrected chi connectivity index (χ2v) is 9.75. The molecule has 10 heteroatoms. The number of piperidine rings is 2. The topological polar surface area (TPSA) is 104 Å². The van der Waals surface area contributed by atoms with Crippen molar-refractivity contribution in [3.05, 3.63) is 29.3 Å². The van der Waals surface area contributed by atoms with Crippen LogP contribution in [0.4, 0.5) is 0 Å². The summed E-state index contributed by atoms with van der Waals surface area (Å²) in [6.07, 6.45) is 8.44. The largest absolute Gasteiger partial charge is 0.339 e. The fraction of sp³-hybridized carbons (Fsp3) is 0.632. The molecule has 4 heterocycles. The summed E-state index contributed by atoms with van der Waals surface area (Å²) in [5, 5.41) is 11.2. The van der Waals surface area contributed by atoms with Gasteiger partial charge in [-0.3, -0.25) is 14.6 Å². The zero-order valence-corrected chi connectivity index (χ0v) is 17.8. The van der Waals surface area contributed by atoms with Gasteiger partial charge in [0.15, 0.2) is 0 Å². The predicted molar refractivity (Wildman–Crippen MR) is 107 cm³/mol. The second kappa shape index (κ2) is 7.91. The average Bonchev–Trinajstić information content (AvgIpc) is 3.35. The molecule has 0 bridgehead atoms. The zero-order valence-electron chi connectivity index (χ0n) is 17.0. The third-order valence-corrected chi connectivity index (χ3v) is 8.12. The lowest BCUT2D eigenvalue weighted by atomic mass is 9.98. The quantitative estimate of drug-likeness (QED) is 0.815. The Morgan fingerprint density at radius 2 is 1.83 bits per heavy atom. The molecule has 4 rings (SSSR count). The minimum absolute atomic E-state index is 0.0612. The van der Waals surface area contributed by atoms with Gasteiger partial charge in [0.1, 0.15) is 4.90 Å². The van der Waals surface area contributed by atoms with Crippen molar-refractivity contribution >= 4 is 15.9 Å². The zero-order chi connectivity index (χ0) is 20.6. The molecule has 2 aromatic heterocycles. The van der Waals surface area contributed by atoms with Crippen molar-refractivity contribution in [1.29, 1.82) is 0 Å². The first kappa shape index (κ1) is 20.1. The van der Waals surface area contributed by atoms with Crippen LogP contribution >= 0.6 is 0 Å². The molecule has 0 aromatic carbocycles. The van der Waals surface area contributed by atoms with Crippen molar-refractivity contribution < 1.29 is 13.2 Å². The first-order valence-corrected chi connectivity index (χ1v) is 11.7. The number of carbonyl (C=O) groups is 1. The van der Waals surface area contributed by atoms with Crippen LogP contribution in [0.15, 0.2) is 17.3 Å². The highest BCUT2D eigenvalue weighted by Crippen LogP contribution is 2.37. The molecule has 2 saturated heterocycles. The van der Waals surface area contributed by atoms with Gasteiger partial charge in [-0.1, -0.05) is 6.42 Å².